The maximum atomic E-state index is 5.75. The fraction of sp³-hybridized carbons (Fsp3) is 0.417. The van der Waals surface area contributed by atoms with Crippen LogP contribution in [0.15, 0.2) is 35.3 Å². The summed E-state index contributed by atoms with van der Waals surface area (Å²) in [6.45, 7) is 2.59. The predicted molar refractivity (Wildman–Crippen MR) is 62.5 cm³/mol. The van der Waals surface area contributed by atoms with Crippen LogP contribution in [0.5, 0.6) is 5.75 Å². The van der Waals surface area contributed by atoms with E-state index in [1.165, 1.54) is 0 Å². The second kappa shape index (κ2) is 4.88. The van der Waals surface area contributed by atoms with Crippen molar-refractivity contribution in [3.8, 4) is 5.75 Å². The zero-order valence-corrected chi connectivity index (χ0v) is 9.30. The van der Waals surface area contributed by atoms with Crippen LogP contribution in [0.4, 0.5) is 0 Å². The van der Waals surface area contributed by atoms with Gasteiger partial charge in [-0.25, -0.2) is 4.99 Å². The van der Waals surface area contributed by atoms with Gasteiger partial charge in [-0.2, -0.15) is 0 Å². The van der Waals surface area contributed by atoms with E-state index in [0.717, 1.165) is 12.2 Å². The average Bonchev–Trinajstić information content (AvgIpc) is 2.65. The normalized spacial score (nSPS) is 21.1. The van der Waals surface area contributed by atoms with Crippen LogP contribution < -0.4 is 10.5 Å². The van der Waals surface area contributed by atoms with Gasteiger partial charge in [0.2, 0.25) is 0 Å². The van der Waals surface area contributed by atoms with Crippen LogP contribution in [0.1, 0.15) is 13.3 Å². The Morgan fingerprint density at radius 1 is 1.50 bits per heavy atom. The van der Waals surface area contributed by atoms with Crippen LogP contribution in [0.2, 0.25) is 0 Å². The second-order valence-corrected chi connectivity index (χ2v) is 3.91. The lowest BCUT2D eigenvalue weighted by Gasteiger charge is -2.16. The first kappa shape index (κ1) is 10.8. The minimum atomic E-state index is 0.102. The highest BCUT2D eigenvalue weighted by molar-refractivity contribution is 5.72. The Morgan fingerprint density at radius 3 is 2.88 bits per heavy atom. The zero-order valence-electron chi connectivity index (χ0n) is 9.30. The molecule has 1 aromatic carbocycles. The molecule has 16 heavy (non-hydrogen) atoms. The van der Waals surface area contributed by atoms with Gasteiger partial charge in [-0.05, 0) is 19.1 Å². The van der Waals surface area contributed by atoms with Crippen molar-refractivity contribution < 1.29 is 9.47 Å². The molecule has 1 aromatic rings. The lowest BCUT2D eigenvalue weighted by molar-refractivity contribution is 0.189. The molecular weight excluding hydrogens is 204 g/mol. The van der Waals surface area contributed by atoms with Gasteiger partial charge in [0.05, 0.1) is 12.1 Å². The van der Waals surface area contributed by atoms with Crippen LogP contribution in [0.25, 0.3) is 0 Å². The molecule has 4 heteroatoms. The van der Waals surface area contributed by atoms with E-state index >= 15 is 0 Å². The van der Waals surface area contributed by atoms with E-state index in [-0.39, 0.29) is 18.2 Å². The van der Waals surface area contributed by atoms with Crippen molar-refractivity contribution in [1.82, 2.24) is 0 Å². The number of nitrogens with two attached hydrogens (primary N) is 1. The smallest absolute Gasteiger partial charge is 0.282 e. The molecule has 0 saturated heterocycles. The Hall–Kier alpha value is -1.71. The first-order valence-electron chi connectivity index (χ1n) is 5.42. The van der Waals surface area contributed by atoms with Crippen molar-refractivity contribution in [1.29, 1.82) is 0 Å². The van der Waals surface area contributed by atoms with Crippen LogP contribution in [0, 0.1) is 0 Å². The van der Waals surface area contributed by atoms with E-state index < -0.39 is 0 Å². The molecule has 0 aromatic heterocycles. The number of hydrogen-bond acceptors (Lipinski definition) is 4. The summed E-state index contributed by atoms with van der Waals surface area (Å²) in [5.41, 5.74) is 5.44. The van der Waals surface area contributed by atoms with Gasteiger partial charge in [0, 0.05) is 6.42 Å². The number of hydrogen-bond donors (Lipinski definition) is 1. The molecule has 86 valence electrons. The highest BCUT2D eigenvalue weighted by Gasteiger charge is 2.20. The standard InChI is InChI=1S/C12H16N2O2/c1-9(7-10-8-15-12(13)14-10)16-11-5-3-2-4-6-11/h2-6,9-10H,7-8H2,1H3,(H2,13,14)/t9-,10?/m0/s1. The lowest BCUT2D eigenvalue weighted by Crippen LogP contribution is -2.20. The minimum absolute atomic E-state index is 0.102. The summed E-state index contributed by atoms with van der Waals surface area (Å²) in [5, 5.41) is 0. The fourth-order valence-corrected chi connectivity index (χ4v) is 1.72. The number of nitrogens with zero attached hydrogens (tertiary/aromatic N) is 1. The third kappa shape index (κ3) is 2.89. The predicted octanol–water partition coefficient (Wildman–Crippen LogP) is 1.56. The minimum Gasteiger partial charge on any atom is -0.491 e. The summed E-state index contributed by atoms with van der Waals surface area (Å²) in [6, 6.07) is 10.2. The summed E-state index contributed by atoms with van der Waals surface area (Å²) >= 11 is 0. The third-order valence-electron chi connectivity index (χ3n) is 2.42. The summed E-state index contributed by atoms with van der Waals surface area (Å²) in [7, 11) is 0. The molecule has 1 aliphatic heterocycles. The summed E-state index contributed by atoms with van der Waals surface area (Å²) in [6.07, 6.45) is 0.918. The number of aliphatic imine (C=N–C) groups is 1. The Kier molecular flexibility index (Phi) is 3.29. The van der Waals surface area contributed by atoms with Crippen molar-refractivity contribution in [2.24, 2.45) is 10.7 Å². The molecular formula is C12H16N2O2. The summed E-state index contributed by atoms with van der Waals surface area (Å²) in [5.74, 6) is 0.880. The molecule has 2 rings (SSSR count). The molecule has 2 N–H and O–H groups in total. The van der Waals surface area contributed by atoms with Gasteiger partial charge in [-0.1, -0.05) is 18.2 Å². The van der Waals surface area contributed by atoms with Crippen molar-refractivity contribution in [2.45, 2.75) is 25.5 Å². The quantitative estimate of drug-likeness (QED) is 0.837. The molecule has 0 saturated carbocycles. The monoisotopic (exact) mass is 220 g/mol. The highest BCUT2D eigenvalue weighted by Crippen LogP contribution is 2.15. The highest BCUT2D eigenvalue weighted by atomic mass is 16.5. The number of benzene rings is 1. The molecule has 0 spiro atoms. The van der Waals surface area contributed by atoms with E-state index in [1.54, 1.807) is 0 Å². The van der Waals surface area contributed by atoms with Gasteiger partial charge < -0.3 is 15.2 Å². The SMILES string of the molecule is C[C@@H](CC1COC(N)=N1)Oc1ccccc1. The van der Waals surface area contributed by atoms with Crippen molar-refractivity contribution in [3.63, 3.8) is 0 Å². The second-order valence-electron chi connectivity index (χ2n) is 3.91. The molecule has 1 aliphatic rings. The van der Waals surface area contributed by atoms with Crippen molar-refractivity contribution in [2.75, 3.05) is 6.61 Å². The summed E-state index contributed by atoms with van der Waals surface area (Å²) < 4.78 is 10.8. The van der Waals surface area contributed by atoms with Crippen LogP contribution >= 0.6 is 0 Å². The van der Waals surface area contributed by atoms with Gasteiger partial charge in [-0.15, -0.1) is 0 Å². The largest absolute Gasteiger partial charge is 0.491 e. The van der Waals surface area contributed by atoms with Crippen LogP contribution in [-0.2, 0) is 4.74 Å². The lowest BCUT2D eigenvalue weighted by atomic mass is 10.1. The van der Waals surface area contributed by atoms with E-state index in [0.29, 0.717) is 6.61 Å². The van der Waals surface area contributed by atoms with Gasteiger partial charge in [0.15, 0.2) is 0 Å². The third-order valence-corrected chi connectivity index (χ3v) is 2.42. The van der Waals surface area contributed by atoms with E-state index in [4.69, 9.17) is 15.2 Å². The van der Waals surface area contributed by atoms with Gasteiger partial charge in [0.1, 0.15) is 12.4 Å². The average molecular weight is 220 g/mol. The van der Waals surface area contributed by atoms with Gasteiger partial charge in [0.25, 0.3) is 6.02 Å². The van der Waals surface area contributed by atoms with Crippen molar-refractivity contribution >= 4 is 6.02 Å². The molecule has 1 heterocycles. The zero-order chi connectivity index (χ0) is 11.4. The van der Waals surface area contributed by atoms with E-state index in [9.17, 15) is 0 Å². The Morgan fingerprint density at radius 2 is 2.25 bits per heavy atom. The number of ether oxygens (including phenoxy) is 2. The molecule has 4 nitrogen and oxygen atoms in total. The number of para-hydroxylation sites is 1. The molecule has 2 atom stereocenters. The Balaban J connectivity index is 1.83. The van der Waals surface area contributed by atoms with Crippen molar-refractivity contribution in [3.05, 3.63) is 30.3 Å². The molecule has 0 amide bonds. The van der Waals surface area contributed by atoms with Crippen LogP contribution in [0.3, 0.4) is 0 Å². The Labute approximate surface area is 95.1 Å². The number of rotatable bonds is 4. The molecule has 0 fully saturated rings. The number of amidine groups is 1. The maximum absolute atomic E-state index is 5.75. The summed E-state index contributed by atoms with van der Waals surface area (Å²) in [4.78, 5) is 4.16. The topological polar surface area (TPSA) is 56.8 Å². The van der Waals surface area contributed by atoms with Gasteiger partial charge >= 0.3 is 0 Å². The molecule has 0 bridgehead atoms. The molecule has 1 unspecified atom stereocenters. The van der Waals surface area contributed by atoms with E-state index in [2.05, 4.69) is 4.99 Å². The maximum Gasteiger partial charge on any atom is 0.282 e. The van der Waals surface area contributed by atoms with Gasteiger partial charge in [-0.3, -0.25) is 0 Å². The molecule has 0 radical (unpaired) electrons. The fourth-order valence-electron chi connectivity index (χ4n) is 1.72. The molecule has 0 aliphatic carbocycles. The van der Waals surface area contributed by atoms with E-state index in [1.807, 2.05) is 37.3 Å². The Bertz CT molecular complexity index is 365. The van der Waals surface area contributed by atoms with Crippen LogP contribution in [-0.4, -0.2) is 24.8 Å². The first-order valence-corrected chi connectivity index (χ1v) is 5.42. The first-order chi connectivity index (χ1) is 7.74.